The van der Waals surface area contributed by atoms with Crippen LogP contribution in [0.1, 0.15) is 38.8 Å². The fourth-order valence-corrected chi connectivity index (χ4v) is 2.58. The highest BCUT2D eigenvalue weighted by atomic mass is 16.6. The number of methoxy groups -OCH3 is 1. The zero-order valence-corrected chi connectivity index (χ0v) is 17.5. The number of ether oxygens (including phenoxy) is 2. The number of aliphatic imine (C=N–C) groups is 1. The predicted octanol–water partition coefficient (Wildman–Crippen LogP) is 4.56. The first-order chi connectivity index (χ1) is 13.7. The molecule has 0 radical (unpaired) electrons. The van der Waals surface area contributed by atoms with E-state index < -0.39 is 23.5 Å². The monoisotopic (exact) mass is 393 g/mol. The SMILES string of the molecule is COC(=O)C(C)C=C(N=C(c1ccccc1)c1ccccc1)C(=O)OC(C)(C)C. The Bertz CT molecular complexity index is 852. The van der Waals surface area contributed by atoms with Crippen LogP contribution in [-0.4, -0.2) is 30.4 Å². The highest BCUT2D eigenvalue weighted by Gasteiger charge is 2.23. The van der Waals surface area contributed by atoms with Gasteiger partial charge in [0.15, 0.2) is 0 Å². The van der Waals surface area contributed by atoms with Crippen LogP contribution >= 0.6 is 0 Å². The van der Waals surface area contributed by atoms with Crippen molar-refractivity contribution in [1.82, 2.24) is 0 Å². The minimum Gasteiger partial charge on any atom is -0.469 e. The molecule has 0 aliphatic rings. The van der Waals surface area contributed by atoms with Gasteiger partial charge in [0, 0.05) is 11.1 Å². The van der Waals surface area contributed by atoms with Gasteiger partial charge in [0.25, 0.3) is 0 Å². The predicted molar refractivity (Wildman–Crippen MR) is 114 cm³/mol. The summed E-state index contributed by atoms with van der Waals surface area (Å²) >= 11 is 0. The minimum atomic E-state index is -0.695. The number of rotatable bonds is 6. The van der Waals surface area contributed by atoms with Crippen LogP contribution in [0.4, 0.5) is 0 Å². The molecule has 5 nitrogen and oxygen atoms in total. The van der Waals surface area contributed by atoms with E-state index >= 15 is 0 Å². The van der Waals surface area contributed by atoms with E-state index in [0.717, 1.165) is 11.1 Å². The molecule has 0 aromatic heterocycles. The molecule has 152 valence electrons. The van der Waals surface area contributed by atoms with Gasteiger partial charge in [-0.3, -0.25) is 4.79 Å². The summed E-state index contributed by atoms with van der Waals surface area (Å²) in [6.45, 7) is 7.00. The van der Waals surface area contributed by atoms with E-state index in [9.17, 15) is 9.59 Å². The first-order valence-corrected chi connectivity index (χ1v) is 9.44. The Balaban J connectivity index is 2.61. The maximum absolute atomic E-state index is 12.9. The summed E-state index contributed by atoms with van der Waals surface area (Å²) in [5.41, 5.74) is 1.67. The van der Waals surface area contributed by atoms with Crippen LogP contribution < -0.4 is 0 Å². The summed E-state index contributed by atoms with van der Waals surface area (Å²) in [6, 6.07) is 19.1. The maximum Gasteiger partial charge on any atom is 0.357 e. The summed E-state index contributed by atoms with van der Waals surface area (Å²) in [6.07, 6.45) is 1.48. The van der Waals surface area contributed by atoms with E-state index in [1.807, 2.05) is 60.7 Å². The van der Waals surface area contributed by atoms with Crippen LogP contribution in [0.2, 0.25) is 0 Å². The molecule has 2 aromatic rings. The van der Waals surface area contributed by atoms with Crippen molar-refractivity contribution in [2.75, 3.05) is 7.11 Å². The standard InChI is InChI=1S/C24H27NO4/c1-17(22(26)28-5)16-20(23(27)29-24(2,3)4)25-21(18-12-8-6-9-13-18)19-14-10-7-11-15-19/h6-17H,1-5H3. The number of hydrogen-bond donors (Lipinski definition) is 0. The molecule has 0 saturated heterocycles. The Morgan fingerprint density at radius 3 is 1.83 bits per heavy atom. The molecule has 0 bridgehead atoms. The van der Waals surface area contributed by atoms with E-state index in [0.29, 0.717) is 5.71 Å². The normalized spacial score (nSPS) is 12.7. The third-order valence-corrected chi connectivity index (χ3v) is 3.92. The highest BCUT2D eigenvalue weighted by Crippen LogP contribution is 2.18. The third-order valence-electron chi connectivity index (χ3n) is 3.92. The quantitative estimate of drug-likeness (QED) is 0.410. The molecular formula is C24H27NO4. The fourth-order valence-electron chi connectivity index (χ4n) is 2.58. The Morgan fingerprint density at radius 1 is 0.931 bits per heavy atom. The lowest BCUT2D eigenvalue weighted by Gasteiger charge is -2.20. The number of hydrogen-bond acceptors (Lipinski definition) is 5. The second-order valence-corrected chi connectivity index (χ2v) is 7.56. The Kier molecular flexibility index (Phi) is 7.48. The average Bonchev–Trinajstić information content (AvgIpc) is 2.70. The van der Waals surface area contributed by atoms with Crippen molar-refractivity contribution in [2.45, 2.75) is 33.3 Å². The van der Waals surface area contributed by atoms with E-state index in [1.54, 1.807) is 27.7 Å². The molecule has 0 heterocycles. The molecule has 29 heavy (non-hydrogen) atoms. The van der Waals surface area contributed by atoms with Gasteiger partial charge < -0.3 is 9.47 Å². The van der Waals surface area contributed by atoms with Crippen LogP contribution in [0, 0.1) is 5.92 Å². The van der Waals surface area contributed by atoms with Gasteiger partial charge in [-0.1, -0.05) is 60.7 Å². The zero-order chi connectivity index (χ0) is 21.4. The highest BCUT2D eigenvalue weighted by molar-refractivity contribution is 6.14. The molecule has 5 heteroatoms. The first-order valence-electron chi connectivity index (χ1n) is 9.44. The third kappa shape index (κ3) is 6.71. The second kappa shape index (κ2) is 9.82. The van der Waals surface area contributed by atoms with E-state index in [4.69, 9.17) is 9.47 Å². The average molecular weight is 393 g/mol. The lowest BCUT2D eigenvalue weighted by Crippen LogP contribution is -2.25. The lowest BCUT2D eigenvalue weighted by atomic mass is 10.0. The van der Waals surface area contributed by atoms with Crippen LogP contribution in [0.5, 0.6) is 0 Å². The number of benzene rings is 2. The van der Waals surface area contributed by atoms with Crippen molar-refractivity contribution in [1.29, 1.82) is 0 Å². The molecular weight excluding hydrogens is 366 g/mol. The van der Waals surface area contributed by atoms with Crippen molar-refractivity contribution in [3.63, 3.8) is 0 Å². The van der Waals surface area contributed by atoms with Crippen LogP contribution in [0.15, 0.2) is 77.4 Å². The number of esters is 2. The van der Waals surface area contributed by atoms with Gasteiger partial charge >= 0.3 is 11.9 Å². The molecule has 2 aromatic carbocycles. The summed E-state index contributed by atoms with van der Waals surface area (Å²) in [5, 5.41) is 0. The van der Waals surface area contributed by atoms with Crippen molar-refractivity contribution in [3.05, 3.63) is 83.6 Å². The summed E-state index contributed by atoms with van der Waals surface area (Å²) in [5.74, 6) is -1.71. The summed E-state index contributed by atoms with van der Waals surface area (Å²) < 4.78 is 10.3. The van der Waals surface area contributed by atoms with E-state index in [1.165, 1.54) is 13.2 Å². The Hall–Kier alpha value is -3.21. The molecule has 0 spiro atoms. The molecule has 1 atom stereocenters. The van der Waals surface area contributed by atoms with Crippen LogP contribution in [-0.2, 0) is 19.1 Å². The summed E-state index contributed by atoms with van der Waals surface area (Å²) in [4.78, 5) is 29.4. The summed E-state index contributed by atoms with van der Waals surface area (Å²) in [7, 11) is 1.31. The second-order valence-electron chi connectivity index (χ2n) is 7.56. The van der Waals surface area contributed by atoms with Gasteiger partial charge in [-0.05, 0) is 33.8 Å². The molecule has 2 rings (SSSR count). The lowest BCUT2D eigenvalue weighted by molar-refractivity contribution is -0.149. The van der Waals surface area contributed by atoms with Gasteiger partial charge in [0.1, 0.15) is 11.3 Å². The number of nitrogens with zero attached hydrogens (tertiary/aromatic N) is 1. The minimum absolute atomic E-state index is 0.0560. The smallest absolute Gasteiger partial charge is 0.357 e. The largest absolute Gasteiger partial charge is 0.469 e. The zero-order valence-electron chi connectivity index (χ0n) is 17.5. The van der Waals surface area contributed by atoms with E-state index in [-0.39, 0.29) is 5.70 Å². The maximum atomic E-state index is 12.9. The van der Waals surface area contributed by atoms with Crippen molar-refractivity contribution < 1.29 is 19.1 Å². The molecule has 1 unspecified atom stereocenters. The molecule has 0 saturated carbocycles. The number of carbonyl (C=O) groups excluding carboxylic acids is 2. The molecule has 0 aliphatic heterocycles. The van der Waals surface area contributed by atoms with Crippen molar-refractivity contribution in [3.8, 4) is 0 Å². The van der Waals surface area contributed by atoms with Crippen molar-refractivity contribution in [2.24, 2.45) is 10.9 Å². The van der Waals surface area contributed by atoms with Gasteiger partial charge in [-0.25, -0.2) is 9.79 Å². The van der Waals surface area contributed by atoms with Crippen LogP contribution in [0.25, 0.3) is 0 Å². The molecule has 0 fully saturated rings. The fraction of sp³-hybridized carbons (Fsp3) is 0.292. The van der Waals surface area contributed by atoms with Gasteiger partial charge in [0.05, 0.1) is 18.7 Å². The molecule has 0 aliphatic carbocycles. The van der Waals surface area contributed by atoms with Crippen LogP contribution in [0.3, 0.4) is 0 Å². The first kappa shape index (κ1) is 22.1. The van der Waals surface area contributed by atoms with Gasteiger partial charge in [0.2, 0.25) is 0 Å². The van der Waals surface area contributed by atoms with E-state index in [2.05, 4.69) is 4.99 Å². The van der Waals surface area contributed by atoms with Crippen molar-refractivity contribution >= 4 is 17.7 Å². The molecule has 0 amide bonds. The van der Waals surface area contributed by atoms with Gasteiger partial charge in [-0.15, -0.1) is 0 Å². The Morgan fingerprint density at radius 2 is 1.41 bits per heavy atom. The molecule has 0 N–H and O–H groups in total. The topological polar surface area (TPSA) is 65.0 Å². The number of carbonyl (C=O) groups is 2. The Labute approximate surface area is 172 Å². The van der Waals surface area contributed by atoms with Gasteiger partial charge in [-0.2, -0.15) is 0 Å².